The van der Waals surface area contributed by atoms with Crippen LogP contribution in [-0.2, 0) is 14.3 Å². The Morgan fingerprint density at radius 2 is 2.00 bits per heavy atom. The smallest absolute Gasteiger partial charge is 0.243 e. The molecule has 0 aromatic carbocycles. The molecule has 1 aliphatic carbocycles. The van der Waals surface area contributed by atoms with Crippen LogP contribution in [0.4, 0.5) is 0 Å². The van der Waals surface area contributed by atoms with Gasteiger partial charge in [0.2, 0.25) is 11.8 Å². The zero-order chi connectivity index (χ0) is 15.0. The number of nitriles is 1. The number of carbonyl (C=O) groups is 2. The van der Waals surface area contributed by atoms with Crippen molar-refractivity contribution in [3.63, 3.8) is 0 Å². The molecule has 0 saturated heterocycles. The van der Waals surface area contributed by atoms with Crippen molar-refractivity contribution in [3.8, 4) is 6.07 Å². The second-order valence-electron chi connectivity index (χ2n) is 5.26. The molecule has 1 fully saturated rings. The predicted molar refractivity (Wildman–Crippen MR) is 73.7 cm³/mol. The summed E-state index contributed by atoms with van der Waals surface area (Å²) < 4.78 is 4.83. The van der Waals surface area contributed by atoms with Gasteiger partial charge < -0.3 is 15.0 Å². The molecule has 6 nitrogen and oxygen atoms in total. The lowest BCUT2D eigenvalue weighted by atomic mass is 9.74. The first kappa shape index (κ1) is 16.4. The quantitative estimate of drug-likeness (QED) is 0.726. The van der Waals surface area contributed by atoms with Crippen LogP contribution < -0.4 is 5.32 Å². The molecule has 0 aliphatic heterocycles. The van der Waals surface area contributed by atoms with Gasteiger partial charge in [0.25, 0.3) is 0 Å². The summed E-state index contributed by atoms with van der Waals surface area (Å²) in [5.74, 6) is -0.469. The van der Waals surface area contributed by atoms with Gasteiger partial charge in [-0.3, -0.25) is 9.59 Å². The number of nitrogens with zero attached hydrogens (tertiary/aromatic N) is 2. The molecule has 1 rings (SSSR count). The summed E-state index contributed by atoms with van der Waals surface area (Å²) in [4.78, 5) is 25.4. The largest absolute Gasteiger partial charge is 0.383 e. The van der Waals surface area contributed by atoms with E-state index in [0.717, 1.165) is 19.3 Å². The van der Waals surface area contributed by atoms with Crippen molar-refractivity contribution >= 4 is 11.8 Å². The second kappa shape index (κ2) is 7.85. The number of methoxy groups -OCH3 is 1. The summed E-state index contributed by atoms with van der Waals surface area (Å²) in [6.07, 6.45) is 4.05. The van der Waals surface area contributed by atoms with E-state index in [1.54, 1.807) is 14.2 Å². The number of carbonyl (C=O) groups excluding carboxylic acids is 2. The van der Waals surface area contributed by atoms with Gasteiger partial charge in [-0.2, -0.15) is 5.26 Å². The topological polar surface area (TPSA) is 82.4 Å². The zero-order valence-corrected chi connectivity index (χ0v) is 12.3. The van der Waals surface area contributed by atoms with Crippen molar-refractivity contribution in [1.82, 2.24) is 10.2 Å². The third kappa shape index (κ3) is 4.20. The molecule has 1 aliphatic rings. The van der Waals surface area contributed by atoms with Gasteiger partial charge in [0.1, 0.15) is 5.41 Å². The first-order chi connectivity index (χ1) is 9.55. The van der Waals surface area contributed by atoms with Crippen molar-refractivity contribution in [2.24, 2.45) is 5.41 Å². The van der Waals surface area contributed by atoms with Crippen LogP contribution >= 0.6 is 0 Å². The number of hydrogen-bond donors (Lipinski definition) is 1. The number of hydrogen-bond acceptors (Lipinski definition) is 4. The fraction of sp³-hybridized carbons (Fsp3) is 0.786. The SMILES string of the molecule is COCCNC(=O)CN(C)C(=O)C1(C#N)CCCCC1. The van der Waals surface area contributed by atoms with Gasteiger partial charge in [-0.25, -0.2) is 0 Å². The monoisotopic (exact) mass is 281 g/mol. The molecule has 0 bridgehead atoms. The third-order valence-corrected chi connectivity index (χ3v) is 3.69. The first-order valence-electron chi connectivity index (χ1n) is 6.98. The van der Waals surface area contributed by atoms with Crippen LogP contribution in [0.2, 0.25) is 0 Å². The minimum absolute atomic E-state index is 0.0218. The fourth-order valence-corrected chi connectivity index (χ4v) is 2.53. The molecular formula is C14H23N3O3. The summed E-state index contributed by atoms with van der Waals surface area (Å²) in [5, 5.41) is 12.0. The van der Waals surface area contributed by atoms with Crippen LogP contribution in [0.25, 0.3) is 0 Å². The Labute approximate surface area is 120 Å². The van der Waals surface area contributed by atoms with Gasteiger partial charge in [-0.15, -0.1) is 0 Å². The Morgan fingerprint density at radius 3 is 2.55 bits per heavy atom. The van der Waals surface area contributed by atoms with E-state index in [1.807, 2.05) is 0 Å². The Morgan fingerprint density at radius 1 is 1.35 bits per heavy atom. The van der Waals surface area contributed by atoms with Crippen LogP contribution in [0, 0.1) is 16.7 Å². The minimum Gasteiger partial charge on any atom is -0.383 e. The van der Waals surface area contributed by atoms with E-state index in [4.69, 9.17) is 4.74 Å². The van der Waals surface area contributed by atoms with Crippen molar-refractivity contribution in [2.75, 3.05) is 33.9 Å². The summed E-state index contributed by atoms with van der Waals surface area (Å²) in [6, 6.07) is 2.18. The molecule has 1 saturated carbocycles. The molecule has 0 spiro atoms. The van der Waals surface area contributed by atoms with E-state index in [0.29, 0.717) is 26.0 Å². The number of likely N-dealkylation sites (N-methyl/N-ethyl adjacent to an activating group) is 1. The molecule has 6 heteroatoms. The molecule has 1 N–H and O–H groups in total. The number of rotatable bonds is 6. The van der Waals surface area contributed by atoms with Gasteiger partial charge in [0, 0.05) is 20.7 Å². The molecule has 2 amide bonds. The van der Waals surface area contributed by atoms with Crippen LogP contribution in [-0.4, -0.2) is 50.6 Å². The molecular weight excluding hydrogens is 258 g/mol. The van der Waals surface area contributed by atoms with E-state index < -0.39 is 5.41 Å². The average molecular weight is 281 g/mol. The van der Waals surface area contributed by atoms with Gasteiger partial charge in [-0.1, -0.05) is 19.3 Å². The minimum atomic E-state index is -0.931. The molecule has 0 heterocycles. The maximum Gasteiger partial charge on any atom is 0.243 e. The van der Waals surface area contributed by atoms with Gasteiger partial charge in [-0.05, 0) is 12.8 Å². The summed E-state index contributed by atoms with van der Waals surface area (Å²) in [6.45, 7) is 0.832. The normalized spacial score (nSPS) is 17.1. The predicted octanol–water partition coefficient (Wildman–Crippen LogP) is 0.681. The van der Waals surface area contributed by atoms with Crippen LogP contribution in [0.5, 0.6) is 0 Å². The lowest BCUT2D eigenvalue weighted by molar-refractivity contribution is -0.142. The van der Waals surface area contributed by atoms with Gasteiger partial charge in [0.15, 0.2) is 0 Å². The Hall–Kier alpha value is -1.61. The van der Waals surface area contributed by atoms with E-state index in [2.05, 4.69) is 11.4 Å². The summed E-state index contributed by atoms with van der Waals surface area (Å²) in [5.41, 5.74) is -0.931. The van der Waals surface area contributed by atoms with Crippen molar-refractivity contribution in [2.45, 2.75) is 32.1 Å². The highest BCUT2D eigenvalue weighted by molar-refractivity contribution is 5.89. The molecule has 112 valence electrons. The van der Waals surface area contributed by atoms with Crippen molar-refractivity contribution < 1.29 is 14.3 Å². The highest BCUT2D eigenvalue weighted by Crippen LogP contribution is 2.37. The van der Waals surface area contributed by atoms with Crippen LogP contribution in [0.15, 0.2) is 0 Å². The number of nitrogens with one attached hydrogen (secondary N) is 1. The number of amides is 2. The van der Waals surface area contributed by atoms with E-state index in [9.17, 15) is 14.9 Å². The fourth-order valence-electron chi connectivity index (χ4n) is 2.53. The van der Waals surface area contributed by atoms with E-state index in [1.165, 1.54) is 4.90 Å². The molecule has 0 aromatic rings. The van der Waals surface area contributed by atoms with Crippen molar-refractivity contribution in [3.05, 3.63) is 0 Å². The van der Waals surface area contributed by atoms with E-state index >= 15 is 0 Å². The Balaban J connectivity index is 2.53. The van der Waals surface area contributed by atoms with Crippen molar-refractivity contribution in [1.29, 1.82) is 5.26 Å². The maximum absolute atomic E-state index is 12.4. The Kier molecular flexibility index (Phi) is 6.46. The van der Waals surface area contributed by atoms with Crippen LogP contribution in [0.3, 0.4) is 0 Å². The van der Waals surface area contributed by atoms with Gasteiger partial charge in [0.05, 0.1) is 19.2 Å². The van der Waals surface area contributed by atoms with Crippen LogP contribution in [0.1, 0.15) is 32.1 Å². The summed E-state index contributed by atoms with van der Waals surface area (Å²) in [7, 11) is 3.13. The molecule has 0 unspecified atom stereocenters. The molecule has 20 heavy (non-hydrogen) atoms. The lowest BCUT2D eigenvalue weighted by Gasteiger charge is -2.32. The molecule has 0 radical (unpaired) electrons. The highest BCUT2D eigenvalue weighted by atomic mass is 16.5. The first-order valence-corrected chi connectivity index (χ1v) is 6.98. The maximum atomic E-state index is 12.4. The third-order valence-electron chi connectivity index (χ3n) is 3.69. The average Bonchev–Trinajstić information content (AvgIpc) is 2.47. The Bertz CT molecular complexity index is 384. The van der Waals surface area contributed by atoms with E-state index in [-0.39, 0.29) is 18.4 Å². The second-order valence-corrected chi connectivity index (χ2v) is 5.26. The molecule has 0 atom stereocenters. The summed E-state index contributed by atoms with van der Waals surface area (Å²) >= 11 is 0. The molecule has 0 aromatic heterocycles. The number of ether oxygens (including phenoxy) is 1. The lowest BCUT2D eigenvalue weighted by Crippen LogP contribution is -2.46. The zero-order valence-electron chi connectivity index (χ0n) is 12.3. The highest BCUT2D eigenvalue weighted by Gasteiger charge is 2.41. The standard InChI is InChI=1S/C14H23N3O3/c1-17(10-12(18)16-8-9-20-2)13(19)14(11-15)6-4-3-5-7-14/h3-10H2,1-2H3,(H,16,18). The van der Waals surface area contributed by atoms with Gasteiger partial charge >= 0.3 is 0 Å².